The normalized spacial score (nSPS) is 10.5. The highest BCUT2D eigenvalue weighted by Crippen LogP contribution is 2.02. The van der Waals surface area contributed by atoms with Gasteiger partial charge in [0.05, 0.1) is 0 Å². The van der Waals surface area contributed by atoms with Gasteiger partial charge in [0.15, 0.2) is 0 Å². The molecule has 1 aromatic rings. The third-order valence-corrected chi connectivity index (χ3v) is 2.72. The van der Waals surface area contributed by atoms with Crippen molar-refractivity contribution in [3.8, 4) is 0 Å². The van der Waals surface area contributed by atoms with Crippen molar-refractivity contribution in [2.45, 2.75) is 39.0 Å². The number of rotatable bonds is 4. The Morgan fingerprint density at radius 2 is 2.14 bits per heavy atom. The summed E-state index contributed by atoms with van der Waals surface area (Å²) in [5.41, 5.74) is 1.94. The van der Waals surface area contributed by atoms with Gasteiger partial charge in [0, 0.05) is 23.6 Å². The molecule has 0 aliphatic carbocycles. The highest BCUT2D eigenvalue weighted by atomic mass is 32.1. The molecule has 0 aliphatic heterocycles. The van der Waals surface area contributed by atoms with Crippen LogP contribution in [0.4, 0.5) is 0 Å². The largest absolute Gasteiger partial charge is 0.313 e. The molecule has 0 amide bonds. The number of nitrogens with zero attached hydrogens (tertiary/aromatic N) is 1. The van der Waals surface area contributed by atoms with Gasteiger partial charge in [-0.25, -0.2) is 0 Å². The van der Waals surface area contributed by atoms with Crippen molar-refractivity contribution >= 4 is 12.6 Å². The second-order valence-electron chi connectivity index (χ2n) is 3.47. The van der Waals surface area contributed by atoms with Crippen LogP contribution in [0.2, 0.25) is 0 Å². The summed E-state index contributed by atoms with van der Waals surface area (Å²) in [6.45, 7) is 4.92. The molecule has 78 valence electrons. The van der Waals surface area contributed by atoms with Crippen molar-refractivity contribution in [3.63, 3.8) is 0 Å². The van der Waals surface area contributed by atoms with E-state index < -0.39 is 0 Å². The summed E-state index contributed by atoms with van der Waals surface area (Å²) in [6.07, 6.45) is 2.16. The van der Waals surface area contributed by atoms with E-state index in [-0.39, 0.29) is 5.56 Å². The van der Waals surface area contributed by atoms with Crippen molar-refractivity contribution in [1.29, 1.82) is 0 Å². The summed E-state index contributed by atoms with van der Waals surface area (Å²) >= 11 is 4.14. The molecule has 0 aliphatic rings. The molecule has 0 saturated heterocycles. The Bertz CT molecular complexity index is 357. The smallest absolute Gasteiger partial charge is 0.254 e. The van der Waals surface area contributed by atoms with Gasteiger partial charge in [-0.2, -0.15) is 12.6 Å². The molecular formula is C11H17NOS. The van der Waals surface area contributed by atoms with Crippen LogP contribution in [0.1, 0.15) is 31.0 Å². The lowest BCUT2D eigenvalue weighted by atomic mass is 10.2. The van der Waals surface area contributed by atoms with E-state index in [1.807, 2.05) is 23.6 Å². The first-order valence-corrected chi connectivity index (χ1v) is 5.64. The molecule has 0 saturated carbocycles. The van der Waals surface area contributed by atoms with Gasteiger partial charge in [-0.1, -0.05) is 19.4 Å². The second kappa shape index (κ2) is 5.25. The highest BCUT2D eigenvalue weighted by molar-refractivity contribution is 7.79. The van der Waals surface area contributed by atoms with E-state index in [2.05, 4.69) is 19.6 Å². The lowest BCUT2D eigenvalue weighted by molar-refractivity contribution is 0.596. The molecule has 0 bridgehead atoms. The Morgan fingerprint density at radius 1 is 1.43 bits per heavy atom. The van der Waals surface area contributed by atoms with Crippen LogP contribution in [0.15, 0.2) is 16.9 Å². The molecule has 14 heavy (non-hydrogen) atoms. The van der Waals surface area contributed by atoms with E-state index in [1.165, 1.54) is 0 Å². The summed E-state index contributed by atoms with van der Waals surface area (Å²) in [5.74, 6) is 0.519. The molecule has 1 heterocycles. The van der Waals surface area contributed by atoms with Crippen LogP contribution in [0, 0.1) is 6.92 Å². The zero-order chi connectivity index (χ0) is 10.6. The van der Waals surface area contributed by atoms with Crippen molar-refractivity contribution in [2.75, 3.05) is 0 Å². The molecule has 0 fully saturated rings. The Hall–Kier alpha value is -0.700. The molecular weight excluding hydrogens is 194 g/mol. The minimum atomic E-state index is 0.119. The standard InChI is InChI=1S/C11H17NOS/c1-3-4-7-12-9(2)5-6-10(8-14)11(12)13/h5-6,14H,3-4,7-8H2,1-2H3. The summed E-state index contributed by atoms with van der Waals surface area (Å²) in [7, 11) is 0. The van der Waals surface area contributed by atoms with Crippen LogP contribution in [-0.2, 0) is 12.3 Å². The molecule has 0 atom stereocenters. The van der Waals surface area contributed by atoms with Gasteiger partial charge < -0.3 is 4.57 Å². The summed E-state index contributed by atoms with van der Waals surface area (Å²) in [5, 5.41) is 0. The van der Waals surface area contributed by atoms with Crippen molar-refractivity contribution in [1.82, 2.24) is 4.57 Å². The average Bonchev–Trinajstić information content (AvgIpc) is 2.18. The third kappa shape index (κ3) is 2.41. The molecule has 3 heteroatoms. The van der Waals surface area contributed by atoms with Gasteiger partial charge in [0.25, 0.3) is 5.56 Å². The summed E-state index contributed by atoms with van der Waals surface area (Å²) in [6, 6.07) is 3.86. The maximum atomic E-state index is 11.8. The minimum absolute atomic E-state index is 0.119. The number of thiol groups is 1. The fraction of sp³-hybridized carbons (Fsp3) is 0.545. The van der Waals surface area contributed by atoms with Gasteiger partial charge in [0.2, 0.25) is 0 Å². The lowest BCUT2D eigenvalue weighted by Gasteiger charge is -2.10. The quantitative estimate of drug-likeness (QED) is 0.759. The molecule has 1 aromatic heterocycles. The van der Waals surface area contributed by atoms with Crippen LogP contribution >= 0.6 is 12.6 Å². The Balaban J connectivity index is 3.06. The number of hydrogen-bond donors (Lipinski definition) is 1. The monoisotopic (exact) mass is 211 g/mol. The fourth-order valence-corrected chi connectivity index (χ4v) is 1.67. The fourth-order valence-electron chi connectivity index (χ4n) is 1.43. The Labute approximate surface area is 90.4 Å². The molecule has 1 rings (SSSR count). The number of aryl methyl sites for hydroxylation is 1. The zero-order valence-electron chi connectivity index (χ0n) is 8.79. The highest BCUT2D eigenvalue weighted by Gasteiger charge is 2.03. The van der Waals surface area contributed by atoms with Crippen LogP contribution in [0.5, 0.6) is 0 Å². The van der Waals surface area contributed by atoms with E-state index in [0.29, 0.717) is 5.75 Å². The molecule has 2 nitrogen and oxygen atoms in total. The summed E-state index contributed by atoms with van der Waals surface area (Å²) in [4.78, 5) is 11.8. The van der Waals surface area contributed by atoms with E-state index >= 15 is 0 Å². The lowest BCUT2D eigenvalue weighted by Crippen LogP contribution is -2.24. The third-order valence-electron chi connectivity index (χ3n) is 2.38. The van der Waals surface area contributed by atoms with E-state index in [1.54, 1.807) is 0 Å². The zero-order valence-corrected chi connectivity index (χ0v) is 9.68. The molecule has 0 unspecified atom stereocenters. The van der Waals surface area contributed by atoms with E-state index in [4.69, 9.17) is 0 Å². The van der Waals surface area contributed by atoms with Crippen molar-refractivity contribution in [3.05, 3.63) is 33.7 Å². The maximum Gasteiger partial charge on any atom is 0.254 e. The SMILES string of the molecule is CCCCn1c(C)ccc(CS)c1=O. The topological polar surface area (TPSA) is 22.0 Å². The first-order chi connectivity index (χ1) is 6.70. The van der Waals surface area contributed by atoms with Crippen LogP contribution in [0.25, 0.3) is 0 Å². The number of hydrogen-bond acceptors (Lipinski definition) is 2. The average molecular weight is 211 g/mol. The van der Waals surface area contributed by atoms with Crippen LogP contribution < -0.4 is 5.56 Å². The predicted octanol–water partition coefficient (Wildman–Crippen LogP) is 2.39. The Kier molecular flexibility index (Phi) is 4.26. The van der Waals surface area contributed by atoms with E-state index in [9.17, 15) is 4.79 Å². The first-order valence-electron chi connectivity index (χ1n) is 5.01. The van der Waals surface area contributed by atoms with E-state index in [0.717, 1.165) is 30.6 Å². The van der Waals surface area contributed by atoms with Gasteiger partial charge in [-0.15, -0.1) is 0 Å². The number of pyridine rings is 1. The molecule has 0 N–H and O–H groups in total. The van der Waals surface area contributed by atoms with Gasteiger partial charge in [-0.3, -0.25) is 4.79 Å². The second-order valence-corrected chi connectivity index (χ2v) is 3.78. The van der Waals surface area contributed by atoms with Crippen molar-refractivity contribution in [2.24, 2.45) is 0 Å². The first kappa shape index (κ1) is 11.4. The van der Waals surface area contributed by atoms with Crippen LogP contribution in [0.3, 0.4) is 0 Å². The molecule has 0 spiro atoms. The minimum Gasteiger partial charge on any atom is -0.313 e. The maximum absolute atomic E-state index is 11.8. The predicted molar refractivity (Wildman–Crippen MR) is 63.0 cm³/mol. The van der Waals surface area contributed by atoms with Crippen LogP contribution in [-0.4, -0.2) is 4.57 Å². The number of aromatic nitrogens is 1. The van der Waals surface area contributed by atoms with Gasteiger partial charge >= 0.3 is 0 Å². The number of unbranched alkanes of at least 4 members (excludes halogenated alkanes) is 1. The van der Waals surface area contributed by atoms with Gasteiger partial charge in [0.1, 0.15) is 0 Å². The van der Waals surface area contributed by atoms with Gasteiger partial charge in [-0.05, 0) is 19.4 Å². The molecule has 0 radical (unpaired) electrons. The van der Waals surface area contributed by atoms with Crippen molar-refractivity contribution < 1.29 is 0 Å². The molecule has 0 aromatic carbocycles. The Morgan fingerprint density at radius 3 is 2.71 bits per heavy atom. The summed E-state index contributed by atoms with van der Waals surface area (Å²) < 4.78 is 1.84.